The number of hydrogen-bond donors (Lipinski definition) is 1. The van der Waals surface area contributed by atoms with Gasteiger partial charge in [-0.1, -0.05) is 12.5 Å². The maximum Gasteiger partial charge on any atom is 0.194 e. The zero-order chi connectivity index (χ0) is 17.1. The lowest BCUT2D eigenvalue weighted by molar-refractivity contribution is 0.455. The summed E-state index contributed by atoms with van der Waals surface area (Å²) in [6.07, 6.45) is 6.72. The van der Waals surface area contributed by atoms with Crippen molar-refractivity contribution < 1.29 is 0 Å². The van der Waals surface area contributed by atoms with Crippen molar-refractivity contribution in [2.45, 2.75) is 39.2 Å². The normalized spacial score (nSPS) is 11.4. The summed E-state index contributed by atoms with van der Waals surface area (Å²) >= 11 is 1.66. The zero-order valence-corrected chi connectivity index (χ0v) is 15.8. The van der Waals surface area contributed by atoms with E-state index in [0.29, 0.717) is 6.54 Å². The van der Waals surface area contributed by atoms with E-state index in [0.717, 1.165) is 36.3 Å². The minimum atomic E-state index is 0.619. The smallest absolute Gasteiger partial charge is 0.194 e. The van der Waals surface area contributed by atoms with Crippen LogP contribution in [0.2, 0.25) is 0 Å². The van der Waals surface area contributed by atoms with E-state index in [-0.39, 0.29) is 0 Å². The Morgan fingerprint density at radius 3 is 2.74 bits per heavy atom. The molecule has 0 amide bonds. The summed E-state index contributed by atoms with van der Waals surface area (Å²) in [5, 5.41) is 6.46. The molecule has 0 aliphatic carbocycles. The Bertz CT molecular complexity index is 481. The molecule has 23 heavy (non-hydrogen) atoms. The lowest BCUT2D eigenvalue weighted by Crippen LogP contribution is -2.39. The van der Waals surface area contributed by atoms with Crippen molar-refractivity contribution in [3.8, 4) is 0 Å². The first-order chi connectivity index (χ1) is 11.1. The minimum Gasteiger partial charge on any atom is -0.357 e. The molecule has 0 atom stereocenters. The second-order valence-corrected chi connectivity index (χ2v) is 6.58. The molecule has 0 saturated heterocycles. The number of unbranched alkanes of at least 4 members (excludes halogenated alkanes) is 3. The highest BCUT2D eigenvalue weighted by molar-refractivity contribution is 7.13. The highest BCUT2D eigenvalue weighted by Crippen LogP contribution is 2.18. The molecule has 6 heteroatoms. The van der Waals surface area contributed by atoms with Crippen molar-refractivity contribution in [3.05, 3.63) is 23.7 Å². The Kier molecular flexibility index (Phi) is 9.36. The van der Waals surface area contributed by atoms with Gasteiger partial charge in [-0.2, -0.15) is 0 Å². The fourth-order valence-electron chi connectivity index (χ4n) is 2.12. The Hall–Kier alpha value is -1.56. The molecule has 0 aromatic carbocycles. The van der Waals surface area contributed by atoms with E-state index in [1.165, 1.54) is 19.3 Å². The van der Waals surface area contributed by atoms with E-state index in [4.69, 9.17) is 4.99 Å². The molecule has 1 aromatic rings. The van der Waals surface area contributed by atoms with Gasteiger partial charge in [0.1, 0.15) is 0 Å². The van der Waals surface area contributed by atoms with Crippen LogP contribution in [0.3, 0.4) is 0 Å². The molecule has 5 nitrogen and oxygen atoms in total. The first-order valence-electron chi connectivity index (χ1n) is 8.30. The summed E-state index contributed by atoms with van der Waals surface area (Å²) in [6.45, 7) is 8.37. The summed E-state index contributed by atoms with van der Waals surface area (Å²) in [4.78, 5) is 13.5. The van der Waals surface area contributed by atoms with Gasteiger partial charge in [0.2, 0.25) is 0 Å². The van der Waals surface area contributed by atoms with Gasteiger partial charge in [0, 0.05) is 39.6 Å². The van der Waals surface area contributed by atoms with Crippen molar-refractivity contribution in [1.82, 2.24) is 15.2 Å². The molecule has 0 saturated carbocycles. The average molecular weight is 338 g/mol. The van der Waals surface area contributed by atoms with Crippen molar-refractivity contribution in [3.63, 3.8) is 0 Å². The van der Waals surface area contributed by atoms with Gasteiger partial charge < -0.3 is 15.1 Å². The number of nitrogens with one attached hydrogen (secondary N) is 1. The summed E-state index contributed by atoms with van der Waals surface area (Å²) in [5.41, 5.74) is 1.02. The topological polar surface area (TPSA) is 43.8 Å². The molecule has 1 rings (SSSR count). The first kappa shape index (κ1) is 19.5. The fourth-order valence-corrected chi connectivity index (χ4v) is 2.87. The number of nitrogens with zero attached hydrogens (tertiary/aromatic N) is 4. The predicted molar refractivity (Wildman–Crippen MR) is 103 cm³/mol. The number of thiazole rings is 1. The molecule has 0 aliphatic heterocycles. The van der Waals surface area contributed by atoms with Gasteiger partial charge in [-0.25, -0.2) is 9.98 Å². The van der Waals surface area contributed by atoms with E-state index >= 15 is 0 Å². The van der Waals surface area contributed by atoms with Crippen LogP contribution in [0.4, 0.5) is 5.13 Å². The monoisotopic (exact) mass is 337 g/mol. The van der Waals surface area contributed by atoms with Crippen LogP contribution in [0.1, 0.15) is 38.3 Å². The first-order valence-corrected chi connectivity index (χ1v) is 9.18. The van der Waals surface area contributed by atoms with E-state index in [1.807, 2.05) is 25.1 Å². The SMILES string of the molecule is C=CCCCCCN(C)C(=NCc1csc(N(C)C)n1)NCC. The van der Waals surface area contributed by atoms with Crippen molar-refractivity contribution >= 4 is 22.4 Å². The van der Waals surface area contributed by atoms with Gasteiger partial charge in [-0.3, -0.25) is 0 Å². The molecule has 0 fully saturated rings. The molecule has 1 N–H and O–H groups in total. The Morgan fingerprint density at radius 1 is 1.35 bits per heavy atom. The maximum absolute atomic E-state index is 4.71. The quantitative estimate of drug-likeness (QED) is 0.308. The molecule has 0 unspecified atom stereocenters. The van der Waals surface area contributed by atoms with Crippen LogP contribution in [0, 0.1) is 0 Å². The van der Waals surface area contributed by atoms with Gasteiger partial charge in [0.25, 0.3) is 0 Å². The van der Waals surface area contributed by atoms with Crippen LogP contribution in [-0.4, -0.2) is 50.1 Å². The summed E-state index contributed by atoms with van der Waals surface area (Å²) in [6, 6.07) is 0. The molecule has 1 aromatic heterocycles. The van der Waals surface area contributed by atoms with E-state index in [1.54, 1.807) is 11.3 Å². The van der Waals surface area contributed by atoms with Crippen LogP contribution in [-0.2, 0) is 6.54 Å². The lowest BCUT2D eigenvalue weighted by atomic mass is 10.2. The number of aromatic nitrogens is 1. The van der Waals surface area contributed by atoms with Gasteiger partial charge in [-0.05, 0) is 26.2 Å². The Morgan fingerprint density at radius 2 is 2.13 bits per heavy atom. The van der Waals surface area contributed by atoms with Gasteiger partial charge >= 0.3 is 0 Å². The third-order valence-electron chi connectivity index (χ3n) is 3.41. The highest BCUT2D eigenvalue weighted by Gasteiger charge is 2.07. The average Bonchev–Trinajstić information content (AvgIpc) is 3.00. The largest absolute Gasteiger partial charge is 0.357 e. The van der Waals surface area contributed by atoms with E-state index < -0.39 is 0 Å². The van der Waals surface area contributed by atoms with Crippen LogP contribution >= 0.6 is 11.3 Å². The van der Waals surface area contributed by atoms with Crippen LogP contribution < -0.4 is 10.2 Å². The molecule has 0 aliphatic rings. The summed E-state index contributed by atoms with van der Waals surface area (Å²) in [5.74, 6) is 0.954. The Balaban J connectivity index is 2.52. The Labute approximate surface area is 145 Å². The second kappa shape index (κ2) is 11.0. The molecule has 0 radical (unpaired) electrons. The number of rotatable bonds is 10. The number of aliphatic imine (C=N–C) groups is 1. The van der Waals surface area contributed by atoms with E-state index in [9.17, 15) is 0 Å². The lowest BCUT2D eigenvalue weighted by Gasteiger charge is -2.21. The molecular formula is C17H31N5S. The summed E-state index contributed by atoms with van der Waals surface area (Å²) < 4.78 is 0. The fraction of sp³-hybridized carbons (Fsp3) is 0.647. The molecule has 130 valence electrons. The van der Waals surface area contributed by atoms with E-state index in [2.05, 4.69) is 41.1 Å². The zero-order valence-electron chi connectivity index (χ0n) is 15.0. The summed E-state index contributed by atoms with van der Waals surface area (Å²) in [7, 11) is 6.12. The third kappa shape index (κ3) is 7.50. The second-order valence-electron chi connectivity index (χ2n) is 5.75. The van der Waals surface area contributed by atoms with Crippen molar-refractivity contribution in [2.24, 2.45) is 4.99 Å². The van der Waals surface area contributed by atoms with Crippen molar-refractivity contribution in [1.29, 1.82) is 0 Å². The number of guanidine groups is 1. The van der Waals surface area contributed by atoms with Crippen LogP contribution in [0.15, 0.2) is 23.0 Å². The van der Waals surface area contributed by atoms with Gasteiger partial charge in [0.15, 0.2) is 11.1 Å². The van der Waals surface area contributed by atoms with Crippen LogP contribution in [0.25, 0.3) is 0 Å². The van der Waals surface area contributed by atoms with Gasteiger partial charge in [-0.15, -0.1) is 17.9 Å². The highest BCUT2D eigenvalue weighted by atomic mass is 32.1. The predicted octanol–water partition coefficient (Wildman–Crippen LogP) is 3.35. The van der Waals surface area contributed by atoms with Crippen LogP contribution in [0.5, 0.6) is 0 Å². The minimum absolute atomic E-state index is 0.619. The third-order valence-corrected chi connectivity index (χ3v) is 4.47. The number of allylic oxidation sites excluding steroid dienone is 1. The number of hydrogen-bond acceptors (Lipinski definition) is 4. The van der Waals surface area contributed by atoms with Gasteiger partial charge in [0.05, 0.1) is 12.2 Å². The molecule has 1 heterocycles. The molecular weight excluding hydrogens is 306 g/mol. The number of anilines is 1. The standard InChI is InChI=1S/C17H31N5S/c1-6-8-9-10-11-12-22(5)16(18-7-2)19-13-15-14-23-17(20-15)21(3)4/h6,14H,1,7-13H2,2-5H3,(H,18,19). The molecule has 0 spiro atoms. The maximum atomic E-state index is 4.71. The molecule has 0 bridgehead atoms. The van der Waals surface area contributed by atoms with Crippen molar-refractivity contribution in [2.75, 3.05) is 39.1 Å².